The first-order valence-corrected chi connectivity index (χ1v) is 11.5. The molecule has 0 radical (unpaired) electrons. The molecule has 0 saturated carbocycles. The number of rotatable bonds is 3. The van der Waals surface area contributed by atoms with Gasteiger partial charge in [0.1, 0.15) is 0 Å². The van der Waals surface area contributed by atoms with Crippen molar-refractivity contribution in [1.29, 1.82) is 0 Å². The minimum absolute atomic E-state index is 0.0201. The van der Waals surface area contributed by atoms with Gasteiger partial charge in [0.15, 0.2) is 0 Å². The molecule has 0 atom stereocenters. The maximum atomic E-state index is 12.6. The second kappa shape index (κ2) is 11.8. The number of aromatic nitrogens is 1. The predicted molar refractivity (Wildman–Crippen MR) is 129 cm³/mol. The Kier molecular flexibility index (Phi) is 8.92. The number of amides is 2. The predicted octanol–water partition coefficient (Wildman–Crippen LogP) is 6.33. The molecule has 1 fully saturated rings. The lowest BCUT2D eigenvalue weighted by Gasteiger charge is -2.34. The number of piperidine rings is 1. The van der Waals surface area contributed by atoms with Crippen LogP contribution in [0.2, 0.25) is 5.02 Å². The summed E-state index contributed by atoms with van der Waals surface area (Å²) in [5, 5.41) is 14.3. The Balaban J connectivity index is 0.000000505. The number of carbonyl (C=O) groups is 2. The highest BCUT2D eigenvalue weighted by molar-refractivity contribution is 6.31. The highest BCUT2D eigenvalue weighted by Crippen LogP contribution is 2.31. The van der Waals surface area contributed by atoms with Crippen LogP contribution < -0.4 is 15.5 Å². The summed E-state index contributed by atoms with van der Waals surface area (Å²) in [6, 6.07) is 11.5. The fraction of sp³-hybridized carbons (Fsp3) is 0.292. The van der Waals surface area contributed by atoms with E-state index in [0.717, 1.165) is 54.7 Å². The Hall–Kier alpha value is -3.74. The molecule has 1 aliphatic heterocycles. The molecule has 38 heavy (non-hydrogen) atoms. The zero-order chi connectivity index (χ0) is 28.1. The molecule has 3 aromatic rings. The van der Waals surface area contributed by atoms with E-state index >= 15 is 0 Å². The van der Waals surface area contributed by atoms with Crippen LogP contribution in [-0.2, 0) is 11.0 Å². The molecule has 14 heteroatoms. The highest BCUT2D eigenvalue weighted by Gasteiger charge is 2.38. The van der Waals surface area contributed by atoms with Crippen molar-refractivity contribution in [3.8, 4) is 0 Å². The zero-order valence-electron chi connectivity index (χ0n) is 19.4. The highest BCUT2D eigenvalue weighted by atomic mass is 35.5. The van der Waals surface area contributed by atoms with Crippen LogP contribution >= 0.6 is 11.6 Å². The van der Waals surface area contributed by atoms with E-state index < -0.39 is 29.9 Å². The van der Waals surface area contributed by atoms with Gasteiger partial charge in [0.2, 0.25) is 0 Å². The number of nitrogens with zero attached hydrogens (tertiary/aromatic N) is 2. The van der Waals surface area contributed by atoms with Crippen LogP contribution in [0.4, 0.5) is 42.5 Å². The zero-order valence-corrected chi connectivity index (χ0v) is 20.2. The minimum atomic E-state index is -5.08. The van der Waals surface area contributed by atoms with Crippen LogP contribution in [0.25, 0.3) is 10.9 Å². The second-order valence-electron chi connectivity index (χ2n) is 8.23. The number of benzene rings is 2. The summed E-state index contributed by atoms with van der Waals surface area (Å²) in [6.07, 6.45) is -6.23. The largest absolute Gasteiger partial charge is 0.490 e. The number of carboxylic acid groups (broad SMARTS) is 1. The Morgan fingerprint density at radius 3 is 2.13 bits per heavy atom. The van der Waals surface area contributed by atoms with Gasteiger partial charge >= 0.3 is 24.4 Å². The third-order valence-electron chi connectivity index (χ3n) is 5.57. The van der Waals surface area contributed by atoms with Gasteiger partial charge in [-0.2, -0.15) is 26.3 Å². The fourth-order valence-corrected chi connectivity index (χ4v) is 3.91. The molecule has 0 aliphatic carbocycles. The number of fused-ring (bicyclic) bond motifs is 1. The summed E-state index contributed by atoms with van der Waals surface area (Å²) >= 11 is 6.06. The maximum absolute atomic E-state index is 12.6. The number of anilines is 2. The number of aliphatic carboxylic acids is 1. The molecule has 0 bridgehead atoms. The number of hydrogen-bond acceptors (Lipinski definition) is 4. The number of pyridine rings is 1. The lowest BCUT2D eigenvalue weighted by Crippen LogP contribution is -2.46. The molecule has 4 rings (SSSR count). The van der Waals surface area contributed by atoms with Crippen LogP contribution in [0.1, 0.15) is 18.4 Å². The van der Waals surface area contributed by atoms with Gasteiger partial charge in [0, 0.05) is 47.1 Å². The van der Waals surface area contributed by atoms with Crippen molar-refractivity contribution in [3.05, 3.63) is 65.3 Å². The van der Waals surface area contributed by atoms with Crippen LogP contribution in [0.3, 0.4) is 0 Å². The van der Waals surface area contributed by atoms with Gasteiger partial charge in [-0.25, -0.2) is 9.59 Å². The molecule has 3 N–H and O–H groups in total. The van der Waals surface area contributed by atoms with Crippen LogP contribution in [-0.4, -0.2) is 47.4 Å². The van der Waals surface area contributed by atoms with E-state index in [1.807, 2.05) is 24.3 Å². The first-order chi connectivity index (χ1) is 17.7. The van der Waals surface area contributed by atoms with E-state index in [4.69, 9.17) is 21.5 Å². The van der Waals surface area contributed by atoms with Crippen molar-refractivity contribution in [3.63, 3.8) is 0 Å². The molecule has 2 amide bonds. The Morgan fingerprint density at radius 1 is 0.974 bits per heavy atom. The maximum Gasteiger partial charge on any atom is 0.490 e. The van der Waals surface area contributed by atoms with Gasteiger partial charge in [-0.3, -0.25) is 4.98 Å². The average molecular weight is 563 g/mol. The summed E-state index contributed by atoms with van der Waals surface area (Å²) in [6.45, 7) is 1.51. The first-order valence-electron chi connectivity index (χ1n) is 11.1. The lowest BCUT2D eigenvalue weighted by atomic mass is 10.0. The topological polar surface area (TPSA) is 94.6 Å². The third-order valence-corrected chi connectivity index (χ3v) is 5.80. The monoisotopic (exact) mass is 562 g/mol. The van der Waals surface area contributed by atoms with Crippen LogP contribution in [0, 0.1) is 0 Å². The smallest absolute Gasteiger partial charge is 0.475 e. The van der Waals surface area contributed by atoms with Crippen molar-refractivity contribution in [1.82, 2.24) is 10.3 Å². The number of carboxylic acids is 1. The van der Waals surface area contributed by atoms with E-state index in [-0.39, 0.29) is 6.04 Å². The SMILES string of the molecule is O=C(Nc1ccc(C(F)(F)F)cc1)NC1CCN(c2ccnc3cc(Cl)ccc23)CC1.O=C(O)C(F)(F)F. The van der Waals surface area contributed by atoms with Crippen molar-refractivity contribution in [2.75, 3.05) is 23.3 Å². The third kappa shape index (κ3) is 7.88. The van der Waals surface area contributed by atoms with Gasteiger partial charge in [0.25, 0.3) is 0 Å². The standard InChI is InChI=1S/C22H20ClF3N4O.C2HF3O2/c23-15-3-6-18-19(13-15)27-10-7-20(18)30-11-8-17(9-12-30)29-21(31)28-16-4-1-14(2-5-16)22(24,25)26;3-2(4,5)1(6)7/h1-7,10,13,17H,8-9,11-12H2,(H2,28,29,31);(H,6,7). The van der Waals surface area contributed by atoms with Gasteiger partial charge in [-0.15, -0.1) is 0 Å². The summed E-state index contributed by atoms with van der Waals surface area (Å²) in [4.78, 5) is 27.8. The van der Waals surface area contributed by atoms with E-state index in [2.05, 4.69) is 20.5 Å². The fourth-order valence-electron chi connectivity index (χ4n) is 3.74. The summed E-state index contributed by atoms with van der Waals surface area (Å²) in [7, 11) is 0. The molecular weight excluding hydrogens is 542 g/mol. The van der Waals surface area contributed by atoms with Crippen molar-refractivity contribution >= 4 is 45.9 Å². The molecule has 1 saturated heterocycles. The van der Waals surface area contributed by atoms with Crippen molar-refractivity contribution in [2.24, 2.45) is 0 Å². The van der Waals surface area contributed by atoms with Crippen molar-refractivity contribution in [2.45, 2.75) is 31.2 Å². The summed E-state index contributed by atoms with van der Waals surface area (Å²) < 4.78 is 69.6. The van der Waals surface area contributed by atoms with Crippen LogP contribution in [0.15, 0.2) is 54.7 Å². The molecule has 204 valence electrons. The van der Waals surface area contributed by atoms with E-state index in [1.165, 1.54) is 12.1 Å². The Morgan fingerprint density at radius 2 is 1.58 bits per heavy atom. The summed E-state index contributed by atoms with van der Waals surface area (Å²) in [5.41, 5.74) is 1.47. The molecular formula is C24H21ClF6N4O3. The van der Waals surface area contributed by atoms with E-state index in [0.29, 0.717) is 10.7 Å². The molecule has 0 spiro atoms. The van der Waals surface area contributed by atoms with Gasteiger partial charge in [-0.05, 0) is 61.4 Å². The van der Waals surface area contributed by atoms with Gasteiger partial charge in [-0.1, -0.05) is 11.6 Å². The number of halogens is 7. The van der Waals surface area contributed by atoms with Crippen molar-refractivity contribution < 1.29 is 41.0 Å². The molecule has 7 nitrogen and oxygen atoms in total. The second-order valence-corrected chi connectivity index (χ2v) is 8.67. The Bertz CT molecular complexity index is 1280. The lowest BCUT2D eigenvalue weighted by molar-refractivity contribution is -0.192. The number of nitrogens with one attached hydrogen (secondary N) is 2. The quantitative estimate of drug-likeness (QED) is 0.324. The molecule has 2 aromatic carbocycles. The summed E-state index contributed by atoms with van der Waals surface area (Å²) in [5.74, 6) is -2.76. The average Bonchev–Trinajstić information content (AvgIpc) is 2.83. The van der Waals surface area contributed by atoms with Crippen LogP contribution in [0.5, 0.6) is 0 Å². The van der Waals surface area contributed by atoms with E-state index in [9.17, 15) is 31.1 Å². The molecule has 0 unspecified atom stereocenters. The number of hydrogen-bond donors (Lipinski definition) is 3. The Labute approximate surface area is 217 Å². The number of carbonyl (C=O) groups excluding carboxylic acids is 1. The van der Waals surface area contributed by atoms with Gasteiger partial charge < -0.3 is 20.6 Å². The molecule has 2 heterocycles. The number of alkyl halides is 6. The minimum Gasteiger partial charge on any atom is -0.475 e. The molecule has 1 aliphatic rings. The van der Waals surface area contributed by atoms with E-state index in [1.54, 1.807) is 6.20 Å². The molecule has 1 aromatic heterocycles. The van der Waals surface area contributed by atoms with Gasteiger partial charge in [0.05, 0.1) is 11.1 Å². The first kappa shape index (κ1) is 28.8. The normalized spacial score (nSPS) is 14.4. The number of urea groups is 1.